The minimum Gasteiger partial charge on any atom is -0.433 e. The van der Waals surface area contributed by atoms with Gasteiger partial charge in [-0.3, -0.25) is 0 Å². The average Bonchev–Trinajstić information content (AvgIpc) is 3.03. The molecule has 0 radical (unpaired) electrons. The van der Waals surface area contributed by atoms with E-state index in [4.69, 9.17) is 11.6 Å². The summed E-state index contributed by atoms with van der Waals surface area (Å²) in [7, 11) is 0. The van der Waals surface area contributed by atoms with Gasteiger partial charge in [0.1, 0.15) is 5.75 Å². The largest absolute Gasteiger partial charge is 0.433 e. The second-order valence-corrected chi connectivity index (χ2v) is 4.39. The quantitative estimate of drug-likeness (QED) is 0.766. The lowest BCUT2D eigenvalue weighted by molar-refractivity contribution is -0.0498. The fourth-order valence-electron chi connectivity index (χ4n) is 1.88. The van der Waals surface area contributed by atoms with Crippen molar-refractivity contribution in [1.29, 1.82) is 0 Å². The standard InChI is InChI=1S/C12H13ClF2O/c1-2-7-5-10(13)11(16-12(14)15)6-9(7)8-3-4-8/h5-6,8,12H,2-4H2,1H3. The highest BCUT2D eigenvalue weighted by molar-refractivity contribution is 6.32. The Morgan fingerprint density at radius 1 is 1.44 bits per heavy atom. The van der Waals surface area contributed by atoms with Gasteiger partial charge in [-0.15, -0.1) is 0 Å². The van der Waals surface area contributed by atoms with Crippen molar-refractivity contribution in [2.24, 2.45) is 0 Å². The van der Waals surface area contributed by atoms with Crippen LogP contribution in [0.1, 0.15) is 36.8 Å². The highest BCUT2D eigenvalue weighted by Gasteiger charge is 2.27. The van der Waals surface area contributed by atoms with Crippen LogP contribution in [0.3, 0.4) is 0 Å². The highest BCUT2D eigenvalue weighted by Crippen LogP contribution is 2.44. The average molecular weight is 247 g/mol. The van der Waals surface area contributed by atoms with E-state index in [9.17, 15) is 8.78 Å². The monoisotopic (exact) mass is 246 g/mol. The molecule has 16 heavy (non-hydrogen) atoms. The first-order valence-electron chi connectivity index (χ1n) is 5.39. The third kappa shape index (κ3) is 2.46. The molecular formula is C12H13ClF2O. The third-order valence-corrected chi connectivity index (χ3v) is 3.10. The van der Waals surface area contributed by atoms with Gasteiger partial charge in [0.15, 0.2) is 0 Å². The summed E-state index contributed by atoms with van der Waals surface area (Å²) in [6.45, 7) is -0.789. The maximum atomic E-state index is 12.2. The molecule has 0 unspecified atom stereocenters. The Hall–Kier alpha value is -0.830. The lowest BCUT2D eigenvalue weighted by atomic mass is 10.0. The molecule has 0 amide bonds. The van der Waals surface area contributed by atoms with Crippen LogP contribution in [0.15, 0.2) is 12.1 Å². The van der Waals surface area contributed by atoms with E-state index in [0.29, 0.717) is 5.92 Å². The Morgan fingerprint density at radius 3 is 2.62 bits per heavy atom. The van der Waals surface area contributed by atoms with Crippen molar-refractivity contribution in [2.45, 2.75) is 38.7 Å². The molecule has 0 spiro atoms. The number of benzene rings is 1. The van der Waals surface area contributed by atoms with Crippen molar-refractivity contribution >= 4 is 11.6 Å². The summed E-state index contributed by atoms with van der Waals surface area (Å²) in [5.41, 5.74) is 2.25. The molecule has 1 nitrogen and oxygen atoms in total. The van der Waals surface area contributed by atoms with Crippen LogP contribution in [-0.4, -0.2) is 6.61 Å². The Kier molecular flexibility index (Phi) is 3.33. The number of ether oxygens (including phenoxy) is 1. The minimum absolute atomic E-state index is 0.0933. The molecule has 0 aliphatic heterocycles. The zero-order valence-corrected chi connectivity index (χ0v) is 9.73. The fraction of sp³-hybridized carbons (Fsp3) is 0.500. The van der Waals surface area contributed by atoms with Crippen LogP contribution in [-0.2, 0) is 6.42 Å². The SMILES string of the molecule is CCc1cc(Cl)c(OC(F)F)cc1C1CC1. The Morgan fingerprint density at radius 2 is 2.12 bits per heavy atom. The van der Waals surface area contributed by atoms with Gasteiger partial charge in [-0.25, -0.2) is 0 Å². The summed E-state index contributed by atoms with van der Waals surface area (Å²) in [5, 5.41) is 0.265. The molecule has 1 fully saturated rings. The van der Waals surface area contributed by atoms with Gasteiger partial charge in [-0.05, 0) is 48.4 Å². The second kappa shape index (κ2) is 4.58. The predicted octanol–water partition coefficient (Wildman–Crippen LogP) is 4.38. The van der Waals surface area contributed by atoms with E-state index in [1.54, 1.807) is 12.1 Å². The smallest absolute Gasteiger partial charge is 0.387 e. The first-order valence-corrected chi connectivity index (χ1v) is 5.76. The lowest BCUT2D eigenvalue weighted by Gasteiger charge is -2.12. The third-order valence-electron chi connectivity index (χ3n) is 2.81. The van der Waals surface area contributed by atoms with Crippen LogP contribution in [0.4, 0.5) is 8.78 Å². The molecule has 1 aliphatic carbocycles. The first-order chi connectivity index (χ1) is 7.61. The molecule has 1 aliphatic rings. The zero-order chi connectivity index (χ0) is 11.7. The second-order valence-electron chi connectivity index (χ2n) is 3.99. The summed E-state index contributed by atoms with van der Waals surface area (Å²) >= 11 is 5.89. The van der Waals surface area contributed by atoms with Crippen LogP contribution in [0.5, 0.6) is 5.75 Å². The van der Waals surface area contributed by atoms with Crippen LogP contribution in [0.2, 0.25) is 5.02 Å². The van der Waals surface area contributed by atoms with Crippen molar-refractivity contribution in [3.63, 3.8) is 0 Å². The highest BCUT2D eigenvalue weighted by atomic mass is 35.5. The van der Waals surface area contributed by atoms with E-state index in [0.717, 1.165) is 30.4 Å². The number of halogens is 3. The molecule has 0 saturated heterocycles. The molecule has 2 rings (SSSR count). The maximum absolute atomic E-state index is 12.2. The number of hydrogen-bond acceptors (Lipinski definition) is 1. The molecular weight excluding hydrogens is 234 g/mol. The van der Waals surface area contributed by atoms with Gasteiger partial charge in [0, 0.05) is 0 Å². The van der Waals surface area contributed by atoms with Crippen molar-refractivity contribution in [2.75, 3.05) is 0 Å². The molecule has 0 aromatic heterocycles. The molecule has 4 heteroatoms. The minimum atomic E-state index is -2.82. The van der Waals surface area contributed by atoms with Gasteiger partial charge in [0.2, 0.25) is 0 Å². The van der Waals surface area contributed by atoms with Crippen molar-refractivity contribution < 1.29 is 13.5 Å². The zero-order valence-electron chi connectivity index (χ0n) is 8.97. The molecule has 0 heterocycles. The Labute approximate surface area is 98.4 Å². The van der Waals surface area contributed by atoms with E-state index >= 15 is 0 Å². The van der Waals surface area contributed by atoms with Gasteiger partial charge in [0.25, 0.3) is 0 Å². The van der Waals surface area contributed by atoms with E-state index in [1.807, 2.05) is 6.92 Å². The normalized spacial score (nSPS) is 15.6. The first kappa shape index (κ1) is 11.6. The molecule has 88 valence electrons. The maximum Gasteiger partial charge on any atom is 0.387 e. The van der Waals surface area contributed by atoms with Crippen molar-refractivity contribution in [1.82, 2.24) is 0 Å². The van der Waals surface area contributed by atoms with Crippen LogP contribution >= 0.6 is 11.6 Å². The fourth-order valence-corrected chi connectivity index (χ4v) is 2.11. The predicted molar refractivity (Wildman–Crippen MR) is 59.4 cm³/mol. The summed E-state index contributed by atoms with van der Waals surface area (Å²) < 4.78 is 28.7. The van der Waals surface area contributed by atoms with Gasteiger partial charge in [-0.2, -0.15) is 8.78 Å². The van der Waals surface area contributed by atoms with E-state index in [2.05, 4.69) is 4.74 Å². The number of aryl methyl sites for hydroxylation is 1. The molecule has 0 bridgehead atoms. The summed E-state index contributed by atoms with van der Waals surface area (Å²) in [5.74, 6) is 0.600. The Balaban J connectivity index is 2.35. The number of alkyl halides is 2. The molecule has 1 saturated carbocycles. The van der Waals surface area contributed by atoms with Crippen LogP contribution < -0.4 is 4.74 Å². The van der Waals surface area contributed by atoms with E-state index < -0.39 is 6.61 Å². The van der Waals surface area contributed by atoms with E-state index in [-0.39, 0.29) is 10.8 Å². The van der Waals surface area contributed by atoms with Crippen LogP contribution in [0.25, 0.3) is 0 Å². The lowest BCUT2D eigenvalue weighted by Crippen LogP contribution is -2.04. The van der Waals surface area contributed by atoms with Gasteiger partial charge >= 0.3 is 6.61 Å². The van der Waals surface area contributed by atoms with Gasteiger partial charge in [0.05, 0.1) is 5.02 Å². The Bertz CT molecular complexity index is 389. The molecule has 1 aromatic rings. The van der Waals surface area contributed by atoms with Crippen LogP contribution in [0, 0.1) is 0 Å². The molecule has 1 aromatic carbocycles. The van der Waals surface area contributed by atoms with Gasteiger partial charge in [-0.1, -0.05) is 18.5 Å². The molecule has 0 N–H and O–H groups in total. The molecule has 0 atom stereocenters. The van der Waals surface area contributed by atoms with Crippen molar-refractivity contribution in [3.05, 3.63) is 28.3 Å². The topological polar surface area (TPSA) is 9.23 Å². The summed E-state index contributed by atoms with van der Waals surface area (Å²) in [6, 6.07) is 3.41. The van der Waals surface area contributed by atoms with Gasteiger partial charge < -0.3 is 4.74 Å². The summed E-state index contributed by atoms with van der Waals surface area (Å²) in [4.78, 5) is 0. The number of rotatable bonds is 4. The number of hydrogen-bond donors (Lipinski definition) is 0. The van der Waals surface area contributed by atoms with E-state index in [1.165, 1.54) is 0 Å². The summed E-state index contributed by atoms with van der Waals surface area (Å²) in [6.07, 6.45) is 3.12. The van der Waals surface area contributed by atoms with Crippen molar-refractivity contribution in [3.8, 4) is 5.75 Å².